The third-order valence-corrected chi connectivity index (χ3v) is 3.26. The molecule has 4 nitrogen and oxygen atoms in total. The van der Waals surface area contributed by atoms with Crippen LogP contribution in [0.15, 0.2) is 17.8 Å². The highest BCUT2D eigenvalue weighted by Crippen LogP contribution is 2.24. The van der Waals surface area contributed by atoms with Gasteiger partial charge in [0.2, 0.25) is 0 Å². The predicted octanol–water partition coefficient (Wildman–Crippen LogP) is 2.92. The van der Waals surface area contributed by atoms with Crippen molar-refractivity contribution >= 4 is 27.4 Å². The molecule has 0 unspecified atom stereocenters. The van der Waals surface area contributed by atoms with Gasteiger partial charge in [-0.05, 0) is 24.3 Å². The Morgan fingerprint density at radius 1 is 1.35 bits per heavy atom. The van der Waals surface area contributed by atoms with E-state index in [-0.39, 0.29) is 0 Å². The molecule has 2 heterocycles. The van der Waals surface area contributed by atoms with E-state index in [9.17, 15) is 0 Å². The normalized spacial score (nSPS) is 10.9. The third-order valence-electron chi connectivity index (χ3n) is 2.35. The van der Waals surface area contributed by atoms with Crippen LogP contribution in [0.3, 0.4) is 0 Å². The van der Waals surface area contributed by atoms with Gasteiger partial charge in [0.1, 0.15) is 12.1 Å². The first kappa shape index (κ1) is 12.3. The van der Waals surface area contributed by atoms with Crippen molar-refractivity contribution in [2.75, 3.05) is 25.1 Å². The van der Waals surface area contributed by atoms with Crippen LogP contribution in [0.25, 0.3) is 10.2 Å². The molecule has 0 fully saturated rings. The number of anilines is 1. The van der Waals surface area contributed by atoms with Crippen molar-refractivity contribution in [2.24, 2.45) is 0 Å². The highest BCUT2D eigenvalue weighted by Gasteiger charge is 2.03. The molecule has 0 saturated heterocycles. The molecular weight excluding hydrogens is 234 g/mol. The molecule has 2 aromatic rings. The van der Waals surface area contributed by atoms with E-state index in [4.69, 9.17) is 4.74 Å². The van der Waals surface area contributed by atoms with E-state index in [1.165, 1.54) is 0 Å². The number of hydrogen-bond acceptors (Lipinski definition) is 5. The van der Waals surface area contributed by atoms with Gasteiger partial charge in [0, 0.05) is 19.8 Å². The molecule has 0 radical (unpaired) electrons. The summed E-state index contributed by atoms with van der Waals surface area (Å²) < 4.78 is 6.55. The fraction of sp³-hybridized carbons (Fsp3) is 0.500. The number of fused-ring (bicyclic) bond motifs is 1. The van der Waals surface area contributed by atoms with Crippen LogP contribution >= 0.6 is 11.3 Å². The van der Waals surface area contributed by atoms with Crippen LogP contribution in [0.2, 0.25) is 0 Å². The summed E-state index contributed by atoms with van der Waals surface area (Å²) in [5.74, 6) is 0.931. The third kappa shape index (κ3) is 3.38. The molecule has 1 N–H and O–H groups in total. The van der Waals surface area contributed by atoms with Crippen LogP contribution in [0.5, 0.6) is 0 Å². The number of rotatable bonds is 7. The Bertz CT molecular complexity index is 458. The fourth-order valence-corrected chi connectivity index (χ4v) is 2.35. The lowest BCUT2D eigenvalue weighted by Crippen LogP contribution is -2.07. The van der Waals surface area contributed by atoms with Gasteiger partial charge in [0.05, 0.1) is 10.2 Å². The van der Waals surface area contributed by atoms with Crippen molar-refractivity contribution in [2.45, 2.75) is 19.8 Å². The van der Waals surface area contributed by atoms with E-state index in [1.54, 1.807) is 17.7 Å². The van der Waals surface area contributed by atoms with Gasteiger partial charge in [0.25, 0.3) is 0 Å². The molecule has 2 aromatic heterocycles. The minimum atomic E-state index is 0.805. The van der Waals surface area contributed by atoms with E-state index in [0.717, 1.165) is 48.6 Å². The number of thiophene rings is 1. The maximum absolute atomic E-state index is 5.42. The van der Waals surface area contributed by atoms with Crippen molar-refractivity contribution in [1.82, 2.24) is 9.97 Å². The molecule has 0 aromatic carbocycles. The zero-order chi connectivity index (χ0) is 11.9. The first-order valence-electron chi connectivity index (χ1n) is 5.91. The summed E-state index contributed by atoms with van der Waals surface area (Å²) in [6, 6.07) is 2.01. The van der Waals surface area contributed by atoms with Gasteiger partial charge in [-0.3, -0.25) is 0 Å². The Labute approximate surface area is 105 Å². The lowest BCUT2D eigenvalue weighted by molar-refractivity contribution is 0.134. The molecule has 0 amide bonds. The first-order valence-corrected chi connectivity index (χ1v) is 6.79. The van der Waals surface area contributed by atoms with Crippen molar-refractivity contribution < 1.29 is 4.74 Å². The van der Waals surface area contributed by atoms with Gasteiger partial charge < -0.3 is 10.1 Å². The van der Waals surface area contributed by atoms with E-state index in [0.29, 0.717) is 0 Å². The predicted molar refractivity (Wildman–Crippen MR) is 71.6 cm³/mol. The molecule has 17 heavy (non-hydrogen) atoms. The van der Waals surface area contributed by atoms with Gasteiger partial charge in [-0.25, -0.2) is 9.97 Å². The van der Waals surface area contributed by atoms with Gasteiger partial charge in [-0.1, -0.05) is 6.92 Å². The van der Waals surface area contributed by atoms with E-state index >= 15 is 0 Å². The van der Waals surface area contributed by atoms with Gasteiger partial charge in [-0.2, -0.15) is 0 Å². The summed E-state index contributed by atoms with van der Waals surface area (Å²) in [5.41, 5.74) is 1.01. The number of ether oxygens (including phenoxy) is 1. The second-order valence-corrected chi connectivity index (χ2v) is 4.67. The summed E-state index contributed by atoms with van der Waals surface area (Å²) in [7, 11) is 0. The largest absolute Gasteiger partial charge is 0.381 e. The van der Waals surface area contributed by atoms with Gasteiger partial charge >= 0.3 is 0 Å². The smallest absolute Gasteiger partial charge is 0.147 e. The quantitative estimate of drug-likeness (QED) is 0.769. The van der Waals surface area contributed by atoms with Gasteiger partial charge in [0.15, 0.2) is 0 Å². The van der Waals surface area contributed by atoms with Crippen LogP contribution in [0, 0.1) is 0 Å². The Balaban J connectivity index is 1.80. The van der Waals surface area contributed by atoms with Crippen LogP contribution in [-0.4, -0.2) is 29.7 Å². The Kier molecular flexibility index (Phi) is 4.70. The molecule has 0 spiro atoms. The maximum atomic E-state index is 5.42. The Morgan fingerprint density at radius 3 is 3.18 bits per heavy atom. The molecule has 0 bridgehead atoms. The van der Waals surface area contributed by atoms with Crippen molar-refractivity contribution in [3.63, 3.8) is 0 Å². The summed E-state index contributed by atoms with van der Waals surface area (Å²) >= 11 is 1.67. The van der Waals surface area contributed by atoms with Crippen molar-refractivity contribution in [1.29, 1.82) is 0 Å². The summed E-state index contributed by atoms with van der Waals surface area (Å²) in [6.07, 6.45) is 3.68. The minimum absolute atomic E-state index is 0.805. The highest BCUT2D eigenvalue weighted by molar-refractivity contribution is 7.17. The van der Waals surface area contributed by atoms with E-state index in [2.05, 4.69) is 22.2 Å². The van der Waals surface area contributed by atoms with Crippen LogP contribution in [0.4, 0.5) is 5.82 Å². The lowest BCUT2D eigenvalue weighted by Gasteiger charge is -2.06. The summed E-state index contributed by atoms with van der Waals surface area (Å²) in [6.45, 7) is 4.66. The molecule has 0 atom stereocenters. The molecule has 0 aliphatic rings. The average molecular weight is 251 g/mol. The Hall–Kier alpha value is -1.20. The molecule has 0 aliphatic heterocycles. The molecular formula is C12H17N3OS. The lowest BCUT2D eigenvalue weighted by atomic mass is 10.4. The number of aromatic nitrogens is 2. The second-order valence-electron chi connectivity index (χ2n) is 3.75. The highest BCUT2D eigenvalue weighted by atomic mass is 32.1. The van der Waals surface area contributed by atoms with Crippen molar-refractivity contribution in [3.05, 3.63) is 17.8 Å². The van der Waals surface area contributed by atoms with Crippen LogP contribution in [0.1, 0.15) is 19.8 Å². The monoisotopic (exact) mass is 251 g/mol. The summed E-state index contributed by atoms with van der Waals surface area (Å²) in [5, 5.41) is 5.37. The van der Waals surface area contributed by atoms with Crippen molar-refractivity contribution in [3.8, 4) is 0 Å². The maximum Gasteiger partial charge on any atom is 0.147 e. The van der Waals surface area contributed by atoms with E-state index < -0.39 is 0 Å². The zero-order valence-corrected chi connectivity index (χ0v) is 10.8. The summed E-state index contributed by atoms with van der Waals surface area (Å²) in [4.78, 5) is 8.47. The number of nitrogens with one attached hydrogen (secondary N) is 1. The molecule has 2 rings (SSSR count). The molecule has 0 saturated carbocycles. The zero-order valence-electron chi connectivity index (χ0n) is 9.98. The fourth-order valence-electron chi connectivity index (χ4n) is 1.54. The van der Waals surface area contributed by atoms with Crippen LogP contribution in [-0.2, 0) is 4.74 Å². The molecule has 0 aliphatic carbocycles. The first-order chi connectivity index (χ1) is 8.42. The number of nitrogens with zero attached hydrogens (tertiary/aromatic N) is 2. The Morgan fingerprint density at radius 2 is 2.29 bits per heavy atom. The second kappa shape index (κ2) is 6.51. The van der Waals surface area contributed by atoms with Crippen LogP contribution < -0.4 is 5.32 Å². The van der Waals surface area contributed by atoms with Gasteiger partial charge in [-0.15, -0.1) is 11.3 Å². The molecule has 5 heteroatoms. The van der Waals surface area contributed by atoms with E-state index in [1.807, 2.05) is 11.4 Å². The number of hydrogen-bond donors (Lipinski definition) is 1. The average Bonchev–Trinajstić information content (AvgIpc) is 2.82. The topological polar surface area (TPSA) is 47.0 Å². The standard InChI is InChI=1S/C12H17N3OS/c1-2-6-16-7-3-5-13-12-11-10(4-8-17-11)14-9-15-12/h4,8-9H,2-3,5-7H2,1H3,(H,13,14,15). The minimum Gasteiger partial charge on any atom is -0.381 e. The molecule has 92 valence electrons. The SMILES string of the molecule is CCCOCCCNc1ncnc2ccsc12.